The number of morpholine rings is 1. The van der Waals surface area contributed by atoms with Crippen LogP contribution < -0.4 is 10.6 Å². The molecule has 3 atom stereocenters. The first-order valence-electron chi connectivity index (χ1n) is 7.60. The zero-order chi connectivity index (χ0) is 17.3. The quantitative estimate of drug-likeness (QED) is 0.619. The van der Waals surface area contributed by atoms with Gasteiger partial charge >= 0.3 is 5.97 Å². The lowest BCUT2D eigenvalue weighted by molar-refractivity contribution is -0.928. The molecule has 0 bridgehead atoms. The van der Waals surface area contributed by atoms with Crippen molar-refractivity contribution in [3.05, 3.63) is 11.4 Å². The Bertz CT molecular complexity index is 718. The van der Waals surface area contributed by atoms with Gasteiger partial charge in [-0.1, -0.05) is 5.21 Å². The SMILES string of the molecule is COC(=O)c1nnn(-c2nonc2N)c1C[NH+]1C[C@@H](C)O[C@@H](C)C1. The van der Waals surface area contributed by atoms with Crippen molar-refractivity contribution in [3.8, 4) is 5.82 Å². The summed E-state index contributed by atoms with van der Waals surface area (Å²) < 4.78 is 16.5. The molecule has 3 rings (SSSR count). The number of carbonyl (C=O) groups is 1. The fourth-order valence-corrected chi connectivity index (χ4v) is 2.99. The Labute approximate surface area is 137 Å². The lowest BCUT2D eigenvalue weighted by Crippen LogP contribution is -3.14. The van der Waals surface area contributed by atoms with Crippen molar-refractivity contribution in [2.24, 2.45) is 0 Å². The van der Waals surface area contributed by atoms with Crippen LogP contribution in [0.2, 0.25) is 0 Å². The van der Waals surface area contributed by atoms with E-state index >= 15 is 0 Å². The number of quaternary nitrogens is 1. The van der Waals surface area contributed by atoms with Crippen LogP contribution in [0.1, 0.15) is 30.0 Å². The molecule has 0 radical (unpaired) electrons. The van der Waals surface area contributed by atoms with Gasteiger partial charge in [0.15, 0.2) is 5.69 Å². The number of hydrogen-bond donors (Lipinski definition) is 2. The third-order valence-corrected chi connectivity index (χ3v) is 3.87. The van der Waals surface area contributed by atoms with Gasteiger partial charge in [0.1, 0.15) is 37.5 Å². The fourth-order valence-electron chi connectivity index (χ4n) is 2.99. The molecule has 24 heavy (non-hydrogen) atoms. The molecule has 1 fully saturated rings. The Morgan fingerprint density at radius 2 is 2.08 bits per heavy atom. The molecule has 0 saturated carbocycles. The molecule has 2 aromatic rings. The molecule has 1 aliphatic heterocycles. The highest BCUT2D eigenvalue weighted by Gasteiger charge is 2.31. The van der Waals surface area contributed by atoms with E-state index in [0.717, 1.165) is 13.1 Å². The fraction of sp³-hybridized carbons (Fsp3) is 0.615. The maximum Gasteiger partial charge on any atom is 0.360 e. The normalized spacial score (nSPS) is 24.0. The number of nitrogens with zero attached hydrogens (tertiary/aromatic N) is 5. The van der Waals surface area contributed by atoms with Crippen LogP contribution in [-0.2, 0) is 16.0 Å². The third kappa shape index (κ3) is 3.08. The molecule has 11 heteroatoms. The molecular weight excluding hydrogens is 318 g/mol. The second kappa shape index (κ2) is 6.53. The van der Waals surface area contributed by atoms with Gasteiger partial charge in [0.2, 0.25) is 11.6 Å². The first kappa shape index (κ1) is 16.3. The van der Waals surface area contributed by atoms with E-state index in [1.165, 1.54) is 16.7 Å². The van der Waals surface area contributed by atoms with Gasteiger partial charge in [-0.2, -0.15) is 4.68 Å². The van der Waals surface area contributed by atoms with Gasteiger partial charge in [-0.05, 0) is 24.2 Å². The van der Waals surface area contributed by atoms with E-state index in [4.69, 9.17) is 15.2 Å². The molecule has 0 aromatic carbocycles. The largest absolute Gasteiger partial charge is 0.464 e. The van der Waals surface area contributed by atoms with Crippen molar-refractivity contribution in [2.45, 2.75) is 32.6 Å². The summed E-state index contributed by atoms with van der Waals surface area (Å²) >= 11 is 0. The minimum absolute atomic E-state index is 0.0660. The summed E-state index contributed by atoms with van der Waals surface area (Å²) in [6.45, 7) is 6.12. The Morgan fingerprint density at radius 1 is 1.38 bits per heavy atom. The summed E-state index contributed by atoms with van der Waals surface area (Å²) in [6.07, 6.45) is 0.238. The average Bonchev–Trinajstić information content (AvgIpc) is 3.11. The Hall–Kier alpha value is -2.53. The average molecular weight is 338 g/mol. The summed E-state index contributed by atoms with van der Waals surface area (Å²) in [6, 6.07) is 0. The topological polar surface area (TPSA) is 136 Å². The van der Waals surface area contributed by atoms with Crippen LogP contribution in [0.15, 0.2) is 4.63 Å². The van der Waals surface area contributed by atoms with Crippen LogP contribution in [0.4, 0.5) is 5.82 Å². The number of nitrogens with two attached hydrogens (primary N) is 1. The first-order chi connectivity index (χ1) is 11.5. The maximum atomic E-state index is 12.0. The molecule has 2 aromatic heterocycles. The molecule has 130 valence electrons. The number of methoxy groups -OCH3 is 1. The second-order valence-electron chi connectivity index (χ2n) is 5.85. The molecular formula is C13H20N7O4+. The van der Waals surface area contributed by atoms with Crippen molar-refractivity contribution in [3.63, 3.8) is 0 Å². The van der Waals surface area contributed by atoms with E-state index in [9.17, 15) is 4.79 Å². The molecule has 3 heterocycles. The summed E-state index contributed by atoms with van der Waals surface area (Å²) in [7, 11) is 1.29. The number of carbonyl (C=O) groups excluding carboxylic acids is 1. The van der Waals surface area contributed by atoms with E-state index in [-0.39, 0.29) is 29.5 Å². The van der Waals surface area contributed by atoms with E-state index in [1.54, 1.807) is 0 Å². The highest BCUT2D eigenvalue weighted by molar-refractivity contribution is 5.88. The molecule has 0 amide bonds. The number of nitrogen functional groups attached to an aromatic ring is 1. The molecule has 0 spiro atoms. The van der Waals surface area contributed by atoms with Crippen molar-refractivity contribution < 1.29 is 23.8 Å². The molecule has 1 saturated heterocycles. The standard InChI is InChI=1S/C13H19N7O4/c1-7-4-19(5-8(2)23-7)6-9-10(13(21)22-3)15-18-20(9)12-11(14)16-24-17-12/h7-8H,4-6H2,1-3H3,(H2,14,16)/p+1/t7-,8+. The molecule has 11 nitrogen and oxygen atoms in total. The Morgan fingerprint density at radius 3 is 2.67 bits per heavy atom. The zero-order valence-corrected chi connectivity index (χ0v) is 13.7. The number of esters is 1. The first-order valence-corrected chi connectivity index (χ1v) is 7.60. The lowest BCUT2D eigenvalue weighted by atomic mass is 10.2. The van der Waals surface area contributed by atoms with Crippen LogP contribution in [0.5, 0.6) is 0 Å². The number of nitrogens with one attached hydrogen (secondary N) is 1. The molecule has 1 unspecified atom stereocenters. The number of hydrogen-bond acceptors (Lipinski definition) is 9. The van der Waals surface area contributed by atoms with Crippen molar-refractivity contribution >= 4 is 11.8 Å². The molecule has 0 aliphatic carbocycles. The Balaban J connectivity index is 1.96. The van der Waals surface area contributed by atoms with Crippen LogP contribution >= 0.6 is 0 Å². The van der Waals surface area contributed by atoms with Crippen molar-refractivity contribution in [2.75, 3.05) is 25.9 Å². The van der Waals surface area contributed by atoms with Gasteiger partial charge in [0.25, 0.3) is 0 Å². The van der Waals surface area contributed by atoms with Gasteiger partial charge in [-0.3, -0.25) is 0 Å². The number of rotatable bonds is 4. The number of ether oxygens (including phenoxy) is 2. The summed E-state index contributed by atoms with van der Waals surface area (Å²) in [5, 5.41) is 15.2. The number of aromatic nitrogens is 5. The van der Waals surface area contributed by atoms with Gasteiger partial charge in [-0.15, -0.1) is 5.10 Å². The minimum Gasteiger partial charge on any atom is -0.464 e. The zero-order valence-electron chi connectivity index (χ0n) is 13.7. The maximum absolute atomic E-state index is 12.0. The van der Waals surface area contributed by atoms with Gasteiger partial charge in [0, 0.05) is 0 Å². The lowest BCUT2D eigenvalue weighted by Gasteiger charge is -2.32. The molecule has 1 aliphatic rings. The predicted octanol–water partition coefficient (Wildman–Crippen LogP) is -1.79. The van der Waals surface area contributed by atoms with Crippen LogP contribution in [0, 0.1) is 0 Å². The van der Waals surface area contributed by atoms with Gasteiger partial charge in [-0.25, -0.2) is 9.42 Å². The summed E-state index contributed by atoms with van der Waals surface area (Å²) in [5.41, 5.74) is 6.40. The Kier molecular flexibility index (Phi) is 4.44. The summed E-state index contributed by atoms with van der Waals surface area (Å²) in [5.74, 6) is -0.308. The highest BCUT2D eigenvalue weighted by Crippen LogP contribution is 2.16. The third-order valence-electron chi connectivity index (χ3n) is 3.87. The second-order valence-corrected chi connectivity index (χ2v) is 5.85. The van der Waals surface area contributed by atoms with Crippen LogP contribution in [0.25, 0.3) is 5.82 Å². The molecule has 3 N–H and O–H groups in total. The van der Waals surface area contributed by atoms with Crippen LogP contribution in [0.3, 0.4) is 0 Å². The highest BCUT2D eigenvalue weighted by atomic mass is 16.6. The van der Waals surface area contributed by atoms with E-state index in [0.29, 0.717) is 12.2 Å². The van der Waals surface area contributed by atoms with Gasteiger partial charge < -0.3 is 20.1 Å². The number of anilines is 1. The monoisotopic (exact) mass is 338 g/mol. The van der Waals surface area contributed by atoms with E-state index in [1.807, 2.05) is 13.8 Å². The minimum atomic E-state index is -0.569. The van der Waals surface area contributed by atoms with E-state index in [2.05, 4.69) is 25.3 Å². The van der Waals surface area contributed by atoms with Crippen molar-refractivity contribution in [1.82, 2.24) is 25.3 Å². The van der Waals surface area contributed by atoms with Crippen LogP contribution in [-0.4, -0.2) is 63.7 Å². The summed E-state index contributed by atoms with van der Waals surface area (Å²) in [4.78, 5) is 13.2. The smallest absolute Gasteiger partial charge is 0.360 e. The predicted molar refractivity (Wildman–Crippen MR) is 79.4 cm³/mol. The van der Waals surface area contributed by atoms with Gasteiger partial charge in [0.05, 0.1) is 7.11 Å². The van der Waals surface area contributed by atoms with Crippen molar-refractivity contribution in [1.29, 1.82) is 0 Å². The van der Waals surface area contributed by atoms with E-state index < -0.39 is 5.97 Å².